The Bertz CT molecular complexity index is 2240. The maximum absolute atomic E-state index is 13.9. The van der Waals surface area contributed by atoms with Crippen LogP contribution in [0.1, 0.15) is 36.8 Å². The maximum Gasteiger partial charge on any atom is 0.407 e. The van der Waals surface area contributed by atoms with E-state index in [-0.39, 0.29) is 33.0 Å². The molecule has 2 amide bonds. The lowest BCUT2D eigenvalue weighted by molar-refractivity contribution is -0.370. The van der Waals surface area contributed by atoms with Crippen molar-refractivity contribution in [1.82, 2.24) is 10.6 Å². The lowest BCUT2D eigenvalue weighted by atomic mass is 9.93. The van der Waals surface area contributed by atoms with E-state index in [4.69, 9.17) is 167 Å². The third-order valence-electron chi connectivity index (χ3n) is 10.8. The molecule has 0 bridgehead atoms. The minimum Gasteiger partial charge on any atom is -0.464 e. The normalized spacial score (nSPS) is 26.9. The molecule has 3 heterocycles. The van der Waals surface area contributed by atoms with Crippen LogP contribution in [0.3, 0.4) is 0 Å². The zero-order chi connectivity index (χ0) is 52.9. The molecule has 3 saturated heterocycles. The number of nitrogens with one attached hydrogen (secondary N) is 3. The van der Waals surface area contributed by atoms with Crippen LogP contribution in [0.15, 0.2) is 91.0 Å². The van der Waals surface area contributed by atoms with Gasteiger partial charge in [0.2, 0.25) is 19.8 Å². The summed E-state index contributed by atoms with van der Waals surface area (Å²) in [5.41, 5.74) is 2.17. The van der Waals surface area contributed by atoms with Crippen LogP contribution in [0.5, 0.6) is 0 Å². The summed E-state index contributed by atoms with van der Waals surface area (Å²) >= 11 is 54.0. The lowest BCUT2D eigenvalue weighted by Crippen LogP contribution is -2.71. The van der Waals surface area contributed by atoms with Gasteiger partial charge in [0.1, 0.15) is 61.9 Å². The summed E-state index contributed by atoms with van der Waals surface area (Å²) < 4.78 is 67.5. The molecule has 27 heteroatoms. The molecule has 3 unspecified atom stereocenters. The van der Waals surface area contributed by atoms with Gasteiger partial charge in [-0.1, -0.05) is 195 Å². The number of halogens is 9. The topological polar surface area (TPSA) is 210 Å². The Morgan fingerprint density at radius 2 is 1.25 bits per heavy atom. The Labute approximate surface area is 465 Å². The minimum absolute atomic E-state index is 0.0221. The van der Waals surface area contributed by atoms with Gasteiger partial charge < -0.3 is 67.5 Å². The fourth-order valence-corrected chi connectivity index (χ4v) is 8.07. The summed E-state index contributed by atoms with van der Waals surface area (Å²) in [6.45, 7) is 0.995. The Balaban J connectivity index is 1.47. The highest BCUT2D eigenvalue weighted by Crippen LogP contribution is 2.40. The van der Waals surface area contributed by atoms with Crippen molar-refractivity contribution in [3.05, 3.63) is 108 Å². The molecule has 3 fully saturated rings. The van der Waals surface area contributed by atoms with Gasteiger partial charge in [0.15, 0.2) is 18.7 Å². The lowest BCUT2D eigenvalue weighted by Gasteiger charge is -2.52. The maximum atomic E-state index is 13.9. The fraction of sp³-hybridized carbons (Fsp3) is 0.522. The van der Waals surface area contributed by atoms with Gasteiger partial charge in [-0.3, -0.25) is 5.41 Å². The number of hydrogen-bond donors (Lipinski definition) is 3. The Kier molecular flexibility index (Phi) is 22.6. The molecule has 3 aliphatic rings. The summed E-state index contributed by atoms with van der Waals surface area (Å²) in [4.78, 5) is 40.9. The predicted molar refractivity (Wildman–Crippen MR) is 271 cm³/mol. The number of esters is 1. The first kappa shape index (κ1) is 59.7. The van der Waals surface area contributed by atoms with Gasteiger partial charge in [-0.2, -0.15) is 0 Å². The van der Waals surface area contributed by atoms with Gasteiger partial charge in [-0.05, 0) is 25.0 Å². The molecule has 3 aromatic rings. The third kappa shape index (κ3) is 18.6. The number of carbonyl (C=O) groups is 3. The fourth-order valence-electron chi connectivity index (χ4n) is 7.61. The molecule has 6 rings (SSSR count). The highest BCUT2D eigenvalue weighted by atomic mass is 35.6. The number of rotatable bonds is 19. The first-order chi connectivity index (χ1) is 34.6. The van der Waals surface area contributed by atoms with Crippen LogP contribution in [0.2, 0.25) is 0 Å². The standard InChI is InChI=1S/C46H50Cl9N3O15/c1-3-63-37(59)25(2)68-36-32(58-43(61)67-24-45(50,51)52)40(73-41(56)46(53,54)55)69-29(21-62-19-26-13-7-4-8-14-26)34(36)72-39-31(57-42(60)66-23-44(47,48)49)35(64-20-27-15-9-5-10-16-27)33-30(70-39)22-65-38(71-33)28-17-11-6-12-18-28/h4-18,25,29-36,38-40,56H,3,19-24H2,1-2H3,(H,57,60)(H,58,61)/t25?,29-,30-,31-,32-,33-,34-,35-,36-,38?,39+,40?/m1/s1. The number of amides is 2. The van der Waals surface area contributed by atoms with Crippen molar-refractivity contribution >= 4 is 128 Å². The molecule has 0 saturated carbocycles. The van der Waals surface area contributed by atoms with Crippen molar-refractivity contribution in [2.24, 2.45) is 0 Å². The van der Waals surface area contributed by atoms with Gasteiger partial charge in [-0.25, -0.2) is 14.4 Å². The van der Waals surface area contributed by atoms with Crippen molar-refractivity contribution in [3.63, 3.8) is 0 Å². The summed E-state index contributed by atoms with van der Waals surface area (Å²) in [7, 11) is 0. The van der Waals surface area contributed by atoms with E-state index in [1.807, 2.05) is 91.0 Å². The second-order valence-electron chi connectivity index (χ2n) is 16.3. The quantitative estimate of drug-likeness (QED) is 0.0336. The van der Waals surface area contributed by atoms with Crippen molar-refractivity contribution in [3.8, 4) is 0 Å². The van der Waals surface area contributed by atoms with Gasteiger partial charge in [0, 0.05) is 5.56 Å². The smallest absolute Gasteiger partial charge is 0.407 e. The van der Waals surface area contributed by atoms with Crippen LogP contribution in [-0.4, -0.2) is 136 Å². The zero-order valence-electron chi connectivity index (χ0n) is 38.6. The van der Waals surface area contributed by atoms with E-state index in [1.165, 1.54) is 6.92 Å². The monoisotopic (exact) mass is 1200 g/mol. The van der Waals surface area contributed by atoms with Gasteiger partial charge in [-0.15, -0.1) is 0 Å². The van der Waals surface area contributed by atoms with E-state index in [2.05, 4.69) is 10.6 Å². The molecular formula is C46H50Cl9N3O15. The van der Waals surface area contributed by atoms with Crippen LogP contribution in [0, 0.1) is 5.41 Å². The number of carbonyl (C=O) groups excluding carboxylic acids is 3. The van der Waals surface area contributed by atoms with Gasteiger partial charge in [0.05, 0.1) is 33.0 Å². The highest BCUT2D eigenvalue weighted by molar-refractivity contribution is 6.76. The first-order valence-corrected chi connectivity index (χ1v) is 25.7. The van der Waals surface area contributed by atoms with Crippen LogP contribution < -0.4 is 10.6 Å². The second-order valence-corrected chi connectivity index (χ2v) is 23.6. The Morgan fingerprint density at radius 1 is 0.699 bits per heavy atom. The molecule has 402 valence electrons. The van der Waals surface area contributed by atoms with Crippen LogP contribution >= 0.6 is 104 Å². The minimum atomic E-state index is -2.47. The third-order valence-corrected chi connectivity index (χ3v) is 12.0. The molecule has 12 atom stereocenters. The average Bonchev–Trinajstić information content (AvgIpc) is 3.34. The van der Waals surface area contributed by atoms with E-state index in [1.54, 1.807) is 6.92 Å². The predicted octanol–water partition coefficient (Wildman–Crippen LogP) is 9.37. The van der Waals surface area contributed by atoms with Crippen LogP contribution in [0.25, 0.3) is 0 Å². The van der Waals surface area contributed by atoms with E-state index in [0.717, 1.165) is 11.1 Å². The molecule has 0 spiro atoms. The van der Waals surface area contributed by atoms with Gasteiger partial charge >= 0.3 is 18.2 Å². The molecular weight excluding hydrogens is 1150 g/mol. The average molecular weight is 1200 g/mol. The highest BCUT2D eigenvalue weighted by Gasteiger charge is 2.57. The summed E-state index contributed by atoms with van der Waals surface area (Å²) in [5, 5.41) is 13.8. The van der Waals surface area contributed by atoms with Crippen molar-refractivity contribution < 1.29 is 71.2 Å². The molecule has 3 N–H and O–H groups in total. The van der Waals surface area contributed by atoms with E-state index < -0.39 is 122 Å². The molecule has 18 nitrogen and oxygen atoms in total. The molecule has 0 radical (unpaired) electrons. The van der Waals surface area contributed by atoms with Crippen LogP contribution in [-0.2, 0) is 74.9 Å². The summed E-state index contributed by atoms with van der Waals surface area (Å²) in [5.74, 6) is -1.81. The van der Waals surface area contributed by atoms with Crippen molar-refractivity contribution in [2.45, 2.75) is 112 Å². The SMILES string of the molecule is CCOC(=O)C(C)O[C@H]1[C@H](O[C@@H]2O[C@@H]3COC(c4ccccc4)O[C@H]3[C@H](OCc3ccccc3)[C@H]2NC(=O)OCC(Cl)(Cl)Cl)[C@@H](COCc2ccccc2)OC(OC(=N)C(Cl)(Cl)Cl)[C@@H]1NC(=O)OCC(Cl)(Cl)Cl. The largest absolute Gasteiger partial charge is 0.464 e. The Hall–Kier alpha value is -2.57. The molecule has 73 heavy (non-hydrogen) atoms. The number of ether oxygens (including phenoxy) is 12. The van der Waals surface area contributed by atoms with E-state index >= 15 is 0 Å². The number of fused-ring (bicyclic) bond motifs is 1. The van der Waals surface area contributed by atoms with Crippen molar-refractivity contribution in [2.75, 3.05) is 33.0 Å². The van der Waals surface area contributed by atoms with Gasteiger partial charge in [0.25, 0.3) is 3.79 Å². The molecule has 0 aliphatic carbocycles. The zero-order valence-corrected chi connectivity index (χ0v) is 45.4. The number of alkyl halides is 9. The summed E-state index contributed by atoms with van der Waals surface area (Å²) in [6.07, 6.45) is -15.9. The molecule has 3 aliphatic heterocycles. The molecule has 3 aromatic carbocycles. The van der Waals surface area contributed by atoms with E-state index in [9.17, 15) is 14.4 Å². The van der Waals surface area contributed by atoms with E-state index in [0.29, 0.717) is 5.56 Å². The number of benzene rings is 3. The van der Waals surface area contributed by atoms with Crippen molar-refractivity contribution in [1.29, 1.82) is 5.41 Å². The summed E-state index contributed by atoms with van der Waals surface area (Å²) in [6, 6.07) is 24.2. The first-order valence-electron chi connectivity index (χ1n) is 22.3. The number of alkyl carbamates (subject to hydrolysis) is 2. The van der Waals surface area contributed by atoms with Crippen LogP contribution in [0.4, 0.5) is 9.59 Å². The second kappa shape index (κ2) is 27.7. The Morgan fingerprint density at radius 3 is 1.79 bits per heavy atom. The molecule has 0 aromatic heterocycles. The number of hydrogen-bond acceptors (Lipinski definition) is 16.